The SMILES string of the molecule is O=C(N[C@@H](Cc1ccc(-c2ccccc2)cc1)C(O)O)c1cc(Cl)ccc1N(Cc1ccc(OCc2ccccc2)cc1)Cc1ccc(OCc2ccccc2)cc1. The van der Waals surface area contributed by atoms with Gasteiger partial charge in [0.1, 0.15) is 24.7 Å². The molecule has 0 bridgehead atoms. The second kappa shape index (κ2) is 19.7. The number of halogens is 1. The molecule has 0 aliphatic rings. The third-order valence-corrected chi connectivity index (χ3v) is 10.1. The van der Waals surface area contributed by atoms with Crippen LogP contribution in [0.1, 0.15) is 38.2 Å². The lowest BCUT2D eigenvalue weighted by molar-refractivity contribution is -0.0647. The largest absolute Gasteiger partial charge is 0.489 e. The Morgan fingerprint density at radius 1 is 0.552 bits per heavy atom. The zero-order valence-electron chi connectivity index (χ0n) is 32.0. The lowest BCUT2D eigenvalue weighted by Gasteiger charge is -2.28. The van der Waals surface area contributed by atoms with Crippen molar-refractivity contribution < 1.29 is 24.5 Å². The van der Waals surface area contributed by atoms with Crippen LogP contribution in [0.25, 0.3) is 11.1 Å². The van der Waals surface area contributed by atoms with Gasteiger partial charge in [-0.25, -0.2) is 0 Å². The van der Waals surface area contributed by atoms with E-state index in [9.17, 15) is 15.0 Å². The first-order valence-electron chi connectivity index (χ1n) is 19.2. The number of nitrogens with zero attached hydrogens (tertiary/aromatic N) is 1. The second-order valence-electron chi connectivity index (χ2n) is 14.1. The number of anilines is 1. The van der Waals surface area contributed by atoms with Gasteiger partial charge in [0.25, 0.3) is 5.91 Å². The first kappa shape index (κ1) is 39.8. The van der Waals surface area contributed by atoms with Crippen molar-refractivity contribution in [3.63, 3.8) is 0 Å². The van der Waals surface area contributed by atoms with E-state index in [-0.39, 0.29) is 6.42 Å². The second-order valence-corrected chi connectivity index (χ2v) is 14.6. The highest BCUT2D eigenvalue weighted by Crippen LogP contribution is 2.30. The summed E-state index contributed by atoms with van der Waals surface area (Å²) in [5.74, 6) is 1.02. The summed E-state index contributed by atoms with van der Waals surface area (Å²) in [6.45, 7) is 1.83. The highest BCUT2D eigenvalue weighted by atomic mass is 35.5. The average molecular weight is 789 g/mol. The fraction of sp³-hybridized carbons (Fsp3) is 0.140. The normalized spacial score (nSPS) is 11.5. The summed E-state index contributed by atoms with van der Waals surface area (Å²) in [7, 11) is 0. The minimum Gasteiger partial charge on any atom is -0.489 e. The topological polar surface area (TPSA) is 91.3 Å². The van der Waals surface area contributed by atoms with Crippen LogP contribution in [0.15, 0.2) is 182 Å². The Hall–Kier alpha value is -6.38. The van der Waals surface area contributed by atoms with Gasteiger partial charge in [-0.1, -0.05) is 151 Å². The molecule has 8 heteroatoms. The molecule has 7 aromatic rings. The molecule has 3 N–H and O–H groups in total. The summed E-state index contributed by atoms with van der Waals surface area (Å²) in [5.41, 5.74) is 8.08. The Morgan fingerprint density at radius 2 is 1.02 bits per heavy atom. The molecular formula is C50H45ClN2O5. The van der Waals surface area contributed by atoms with Gasteiger partial charge >= 0.3 is 0 Å². The molecule has 0 aliphatic heterocycles. The monoisotopic (exact) mass is 788 g/mol. The third-order valence-electron chi connectivity index (χ3n) is 9.83. The first-order chi connectivity index (χ1) is 28.4. The Labute approximate surface area is 344 Å². The number of benzene rings is 7. The van der Waals surface area contributed by atoms with Crippen LogP contribution in [0.5, 0.6) is 11.5 Å². The Morgan fingerprint density at radius 3 is 1.52 bits per heavy atom. The molecule has 7 nitrogen and oxygen atoms in total. The van der Waals surface area contributed by atoms with Crippen molar-refractivity contribution in [1.82, 2.24) is 5.32 Å². The zero-order valence-corrected chi connectivity index (χ0v) is 32.7. The summed E-state index contributed by atoms with van der Waals surface area (Å²) >= 11 is 6.54. The molecule has 0 saturated heterocycles. The lowest BCUT2D eigenvalue weighted by Crippen LogP contribution is -2.45. The molecule has 7 aromatic carbocycles. The molecule has 0 aliphatic carbocycles. The van der Waals surface area contributed by atoms with Crippen molar-refractivity contribution in [2.75, 3.05) is 4.90 Å². The number of aliphatic hydroxyl groups is 2. The van der Waals surface area contributed by atoms with Gasteiger partial charge in [0.05, 0.1) is 17.3 Å². The fourth-order valence-corrected chi connectivity index (χ4v) is 6.86. The molecule has 292 valence electrons. The molecule has 0 heterocycles. The molecular weight excluding hydrogens is 744 g/mol. The van der Waals surface area contributed by atoms with Crippen molar-refractivity contribution in [2.24, 2.45) is 0 Å². The van der Waals surface area contributed by atoms with E-state index >= 15 is 0 Å². The minimum absolute atomic E-state index is 0.204. The number of rotatable bonds is 17. The molecule has 7 rings (SSSR count). The van der Waals surface area contributed by atoms with E-state index in [1.165, 1.54) is 0 Å². The maximum absolute atomic E-state index is 14.2. The van der Waals surface area contributed by atoms with Crippen LogP contribution in [-0.4, -0.2) is 28.5 Å². The van der Waals surface area contributed by atoms with Gasteiger partial charge in [0.15, 0.2) is 6.29 Å². The standard InChI is InChI=1S/C50H45ClN2O5/c51-43-24-29-48(46(31-43)49(54)52-47(50(55)56)30-36-16-22-42(23-17-36)41-14-8-3-9-15-41)53(32-37-18-25-44(26-19-37)57-34-39-10-4-1-5-11-39)33-38-20-27-45(28-21-38)58-35-40-12-6-2-7-13-40/h1-29,31,47,50,55-56H,30,32-35H2,(H,52,54)/t47-/m0/s1. The predicted octanol–water partition coefficient (Wildman–Crippen LogP) is 10.0. The van der Waals surface area contributed by atoms with E-state index in [0.717, 1.165) is 50.4 Å². The average Bonchev–Trinajstić information content (AvgIpc) is 3.26. The van der Waals surface area contributed by atoms with E-state index in [4.69, 9.17) is 21.1 Å². The van der Waals surface area contributed by atoms with Gasteiger partial charge < -0.3 is 29.9 Å². The van der Waals surface area contributed by atoms with Gasteiger partial charge in [0, 0.05) is 18.1 Å². The van der Waals surface area contributed by atoms with Crippen molar-refractivity contribution in [3.8, 4) is 22.6 Å². The van der Waals surface area contributed by atoms with Gasteiger partial charge in [-0.2, -0.15) is 0 Å². The zero-order chi connectivity index (χ0) is 40.1. The van der Waals surface area contributed by atoms with E-state index in [1.807, 2.05) is 170 Å². The fourth-order valence-electron chi connectivity index (χ4n) is 6.69. The van der Waals surface area contributed by atoms with Crippen molar-refractivity contribution in [1.29, 1.82) is 0 Å². The van der Waals surface area contributed by atoms with Crippen LogP contribution in [0.4, 0.5) is 5.69 Å². The molecule has 0 fully saturated rings. The predicted molar refractivity (Wildman–Crippen MR) is 231 cm³/mol. The van der Waals surface area contributed by atoms with Crippen molar-refractivity contribution in [2.45, 2.75) is 45.1 Å². The Kier molecular flexibility index (Phi) is 13.5. The first-order valence-corrected chi connectivity index (χ1v) is 19.6. The molecule has 0 aromatic heterocycles. The van der Waals surface area contributed by atoms with Crippen LogP contribution >= 0.6 is 11.6 Å². The highest BCUT2D eigenvalue weighted by Gasteiger charge is 2.24. The number of aliphatic hydroxyl groups excluding tert-OH is 1. The number of hydrogen-bond acceptors (Lipinski definition) is 6. The maximum Gasteiger partial charge on any atom is 0.253 e. The van der Waals surface area contributed by atoms with E-state index in [0.29, 0.717) is 42.6 Å². The summed E-state index contributed by atoms with van der Waals surface area (Å²) in [6.07, 6.45) is -1.60. The number of carbonyl (C=O) groups is 1. The number of ether oxygens (including phenoxy) is 2. The van der Waals surface area contributed by atoms with Gasteiger partial charge in [-0.05, 0) is 87.8 Å². The molecule has 0 saturated carbocycles. The molecule has 1 atom stereocenters. The number of nitrogens with one attached hydrogen (secondary N) is 1. The summed E-state index contributed by atoms with van der Waals surface area (Å²) in [5, 5.41) is 24.2. The van der Waals surface area contributed by atoms with Crippen LogP contribution in [0.2, 0.25) is 5.02 Å². The maximum atomic E-state index is 14.2. The van der Waals surface area contributed by atoms with Gasteiger partial charge in [0.2, 0.25) is 0 Å². The number of carbonyl (C=O) groups excluding carboxylic acids is 1. The summed E-state index contributed by atoms with van der Waals surface area (Å²) in [4.78, 5) is 16.3. The van der Waals surface area contributed by atoms with Crippen LogP contribution < -0.4 is 19.7 Å². The molecule has 58 heavy (non-hydrogen) atoms. The molecule has 0 unspecified atom stereocenters. The van der Waals surface area contributed by atoms with E-state index < -0.39 is 18.2 Å². The molecule has 0 spiro atoms. The Bertz CT molecular complexity index is 2250. The highest BCUT2D eigenvalue weighted by molar-refractivity contribution is 6.31. The van der Waals surface area contributed by atoms with E-state index in [1.54, 1.807) is 12.1 Å². The van der Waals surface area contributed by atoms with Gasteiger partial charge in [-0.3, -0.25) is 4.79 Å². The smallest absolute Gasteiger partial charge is 0.253 e. The molecule has 1 amide bonds. The van der Waals surface area contributed by atoms with Crippen LogP contribution in [-0.2, 0) is 32.7 Å². The lowest BCUT2D eigenvalue weighted by atomic mass is 10.00. The van der Waals surface area contributed by atoms with Crippen LogP contribution in [0.3, 0.4) is 0 Å². The van der Waals surface area contributed by atoms with E-state index in [2.05, 4.69) is 10.2 Å². The summed E-state index contributed by atoms with van der Waals surface area (Å²) in [6, 6.07) is 58.0. The number of amides is 1. The van der Waals surface area contributed by atoms with Crippen molar-refractivity contribution in [3.05, 3.63) is 220 Å². The summed E-state index contributed by atoms with van der Waals surface area (Å²) < 4.78 is 12.1. The van der Waals surface area contributed by atoms with Crippen molar-refractivity contribution >= 4 is 23.2 Å². The quantitative estimate of drug-likeness (QED) is 0.0797. The molecule has 0 radical (unpaired) electrons. The third kappa shape index (κ3) is 11.1. The Balaban J connectivity index is 1.11. The van der Waals surface area contributed by atoms with Gasteiger partial charge in [-0.15, -0.1) is 0 Å². The van der Waals surface area contributed by atoms with Crippen LogP contribution in [0, 0.1) is 0 Å². The number of hydrogen-bond donors (Lipinski definition) is 3. The minimum atomic E-state index is -1.80.